The first-order chi connectivity index (χ1) is 17.9. The van der Waals surface area contributed by atoms with Crippen LogP contribution in [0.15, 0.2) is 54.6 Å². The molecular formula is C28H34N4O5. The first-order valence-corrected chi connectivity index (χ1v) is 12.9. The molecule has 0 spiro atoms. The molecular weight excluding hydrogens is 472 g/mol. The van der Waals surface area contributed by atoms with Gasteiger partial charge in [0, 0.05) is 45.3 Å². The molecule has 0 radical (unpaired) electrons. The van der Waals surface area contributed by atoms with Gasteiger partial charge in [0.05, 0.1) is 0 Å². The molecule has 2 aliphatic rings. The summed E-state index contributed by atoms with van der Waals surface area (Å²) in [5.41, 5.74) is 2.11. The number of rotatable bonds is 11. The number of aromatic hydroxyl groups is 1. The van der Waals surface area contributed by atoms with Crippen molar-refractivity contribution in [3.63, 3.8) is 0 Å². The zero-order valence-electron chi connectivity index (χ0n) is 21.0. The van der Waals surface area contributed by atoms with E-state index in [4.69, 9.17) is 0 Å². The topological polar surface area (TPSA) is 110 Å². The number of unbranched alkanes of at least 4 members (excludes halogenated alkanes) is 1. The van der Waals surface area contributed by atoms with Gasteiger partial charge in [0.1, 0.15) is 5.75 Å². The fourth-order valence-corrected chi connectivity index (χ4v) is 4.88. The van der Waals surface area contributed by atoms with Gasteiger partial charge in [-0.15, -0.1) is 0 Å². The van der Waals surface area contributed by atoms with Gasteiger partial charge >= 0.3 is 23.6 Å². The molecule has 2 saturated heterocycles. The lowest BCUT2D eigenvalue weighted by molar-refractivity contribution is -0.156. The number of carbonyl (C=O) groups excluding carboxylic acids is 4. The quantitative estimate of drug-likeness (QED) is 0.353. The first-order valence-electron chi connectivity index (χ1n) is 12.9. The van der Waals surface area contributed by atoms with E-state index in [1.807, 2.05) is 30.3 Å². The van der Waals surface area contributed by atoms with E-state index in [1.54, 1.807) is 39.0 Å². The van der Waals surface area contributed by atoms with Crippen molar-refractivity contribution in [2.45, 2.75) is 38.1 Å². The SMILES string of the molecule is O=C1NC[C@H](CCCCN2CCN(CCc3ccccc3)C(=O)C2=O)N(CCc2ccc(O)cc2)C1=O. The monoisotopic (exact) mass is 506 g/mol. The van der Waals surface area contributed by atoms with Crippen molar-refractivity contribution in [3.8, 4) is 5.75 Å². The van der Waals surface area contributed by atoms with Crippen molar-refractivity contribution in [1.29, 1.82) is 0 Å². The molecule has 2 aromatic carbocycles. The van der Waals surface area contributed by atoms with Crippen molar-refractivity contribution in [2.75, 3.05) is 39.3 Å². The first kappa shape index (κ1) is 26.2. The minimum absolute atomic E-state index is 0.116. The Morgan fingerprint density at radius 2 is 1.35 bits per heavy atom. The van der Waals surface area contributed by atoms with Crippen LogP contribution < -0.4 is 5.32 Å². The average molecular weight is 507 g/mol. The van der Waals surface area contributed by atoms with Gasteiger partial charge in [-0.25, -0.2) is 0 Å². The highest BCUT2D eigenvalue weighted by atomic mass is 16.3. The predicted molar refractivity (Wildman–Crippen MR) is 137 cm³/mol. The van der Waals surface area contributed by atoms with Crippen LogP contribution in [0.3, 0.4) is 0 Å². The number of nitrogens with zero attached hydrogens (tertiary/aromatic N) is 3. The number of phenolic OH excluding ortho intramolecular Hbond substituents is 1. The summed E-state index contributed by atoms with van der Waals surface area (Å²) in [5, 5.41) is 12.1. The van der Waals surface area contributed by atoms with E-state index in [9.17, 15) is 24.3 Å². The minimum atomic E-state index is -0.587. The molecule has 1 atom stereocenters. The molecule has 9 heteroatoms. The normalized spacial score (nSPS) is 18.4. The molecule has 0 aromatic heterocycles. The van der Waals surface area contributed by atoms with Crippen LogP contribution in [-0.2, 0) is 32.0 Å². The fourth-order valence-electron chi connectivity index (χ4n) is 4.88. The molecule has 0 saturated carbocycles. The Balaban J connectivity index is 1.21. The van der Waals surface area contributed by atoms with Gasteiger partial charge in [0.2, 0.25) is 0 Å². The van der Waals surface area contributed by atoms with Gasteiger partial charge in [0.15, 0.2) is 0 Å². The highest BCUT2D eigenvalue weighted by molar-refractivity contribution is 6.36. The molecule has 0 aliphatic carbocycles. The lowest BCUT2D eigenvalue weighted by atomic mass is 10.0. The summed E-state index contributed by atoms with van der Waals surface area (Å²) < 4.78 is 0. The Bertz CT molecular complexity index is 1110. The summed E-state index contributed by atoms with van der Waals surface area (Å²) in [6.07, 6.45) is 3.48. The predicted octanol–water partition coefficient (Wildman–Crippen LogP) is 1.35. The highest BCUT2D eigenvalue weighted by Crippen LogP contribution is 2.17. The molecule has 2 N–H and O–H groups in total. The van der Waals surface area contributed by atoms with E-state index >= 15 is 0 Å². The van der Waals surface area contributed by atoms with E-state index in [0.29, 0.717) is 58.5 Å². The van der Waals surface area contributed by atoms with E-state index < -0.39 is 23.6 Å². The third-order valence-electron chi connectivity index (χ3n) is 7.10. The summed E-state index contributed by atoms with van der Waals surface area (Å²) in [4.78, 5) is 54.6. The lowest BCUT2D eigenvalue weighted by Gasteiger charge is -2.36. The van der Waals surface area contributed by atoms with Crippen molar-refractivity contribution in [3.05, 3.63) is 65.7 Å². The van der Waals surface area contributed by atoms with Gasteiger partial charge in [0.25, 0.3) is 0 Å². The second-order valence-corrected chi connectivity index (χ2v) is 9.59. The van der Waals surface area contributed by atoms with Crippen LogP contribution in [0.1, 0.15) is 30.4 Å². The molecule has 2 fully saturated rings. The maximum absolute atomic E-state index is 12.6. The number of phenols is 1. The number of hydrogen-bond acceptors (Lipinski definition) is 5. The average Bonchev–Trinajstić information content (AvgIpc) is 2.91. The molecule has 196 valence electrons. The Kier molecular flexibility index (Phi) is 8.77. The Morgan fingerprint density at radius 1 is 0.730 bits per heavy atom. The van der Waals surface area contributed by atoms with Gasteiger partial charge in [-0.3, -0.25) is 19.2 Å². The molecule has 0 bridgehead atoms. The smallest absolute Gasteiger partial charge is 0.312 e. The largest absolute Gasteiger partial charge is 0.508 e. The van der Waals surface area contributed by atoms with Crippen molar-refractivity contribution in [2.24, 2.45) is 0 Å². The third kappa shape index (κ3) is 6.87. The summed E-state index contributed by atoms with van der Waals surface area (Å²) in [7, 11) is 0. The van der Waals surface area contributed by atoms with Crippen LogP contribution in [0.5, 0.6) is 5.75 Å². The van der Waals surface area contributed by atoms with Gasteiger partial charge < -0.3 is 25.1 Å². The molecule has 4 rings (SSSR count). The van der Waals surface area contributed by atoms with Gasteiger partial charge in [-0.05, 0) is 55.4 Å². The zero-order chi connectivity index (χ0) is 26.2. The van der Waals surface area contributed by atoms with Crippen molar-refractivity contribution >= 4 is 23.6 Å². The molecule has 2 aromatic rings. The van der Waals surface area contributed by atoms with Crippen LogP contribution in [0.25, 0.3) is 0 Å². The number of nitrogens with one attached hydrogen (secondary N) is 1. The molecule has 2 heterocycles. The van der Waals surface area contributed by atoms with Crippen LogP contribution in [0.2, 0.25) is 0 Å². The molecule has 9 nitrogen and oxygen atoms in total. The second kappa shape index (κ2) is 12.4. The maximum Gasteiger partial charge on any atom is 0.312 e. The highest BCUT2D eigenvalue weighted by Gasteiger charge is 2.34. The minimum Gasteiger partial charge on any atom is -0.508 e. The van der Waals surface area contributed by atoms with Crippen LogP contribution in [-0.4, -0.2) is 88.7 Å². The molecule has 2 aliphatic heterocycles. The van der Waals surface area contributed by atoms with E-state index in [-0.39, 0.29) is 11.8 Å². The number of piperazine rings is 2. The Hall–Kier alpha value is -3.88. The number of amides is 4. The fraction of sp³-hybridized carbons (Fsp3) is 0.429. The number of hydrogen-bond donors (Lipinski definition) is 2. The maximum atomic E-state index is 12.6. The second-order valence-electron chi connectivity index (χ2n) is 9.59. The van der Waals surface area contributed by atoms with E-state index in [1.165, 1.54) is 0 Å². The van der Waals surface area contributed by atoms with Gasteiger partial charge in [-0.2, -0.15) is 0 Å². The summed E-state index contributed by atoms with van der Waals surface area (Å²) >= 11 is 0. The molecule has 37 heavy (non-hydrogen) atoms. The number of carbonyl (C=O) groups is 4. The van der Waals surface area contributed by atoms with Crippen LogP contribution >= 0.6 is 0 Å². The third-order valence-corrected chi connectivity index (χ3v) is 7.10. The van der Waals surface area contributed by atoms with Gasteiger partial charge in [-0.1, -0.05) is 42.5 Å². The van der Waals surface area contributed by atoms with Crippen molar-refractivity contribution < 1.29 is 24.3 Å². The summed E-state index contributed by atoms with van der Waals surface area (Å²) in [5.74, 6) is -1.82. The number of benzene rings is 2. The Labute approximate surface area is 217 Å². The lowest BCUT2D eigenvalue weighted by Crippen LogP contribution is -2.58. The standard InChI is InChI=1S/C28H34N4O5/c33-24-11-9-22(10-12-24)14-17-32-23(20-29-25(34)26(32)35)8-4-5-15-30-18-19-31(28(37)27(30)36)16-13-21-6-2-1-3-7-21/h1-3,6-7,9-12,23,33H,4-5,8,13-20H2,(H,29,34)/t23-/m0/s1. The van der Waals surface area contributed by atoms with Crippen molar-refractivity contribution in [1.82, 2.24) is 20.0 Å². The zero-order valence-corrected chi connectivity index (χ0v) is 21.0. The van der Waals surface area contributed by atoms with Crippen LogP contribution in [0, 0.1) is 0 Å². The Morgan fingerprint density at radius 3 is 2.05 bits per heavy atom. The molecule has 4 amide bonds. The van der Waals surface area contributed by atoms with Crippen LogP contribution in [0.4, 0.5) is 0 Å². The summed E-state index contributed by atoms with van der Waals surface area (Å²) in [6, 6.07) is 16.6. The summed E-state index contributed by atoms with van der Waals surface area (Å²) in [6.45, 7) is 2.90. The van der Waals surface area contributed by atoms with E-state index in [2.05, 4.69) is 5.32 Å². The van der Waals surface area contributed by atoms with E-state index in [0.717, 1.165) is 24.0 Å². The molecule has 0 unspecified atom stereocenters.